The molecule has 0 aliphatic rings. The lowest BCUT2D eigenvalue weighted by Gasteiger charge is -2.07. The van der Waals surface area contributed by atoms with Gasteiger partial charge in [0, 0.05) is 6.07 Å². The average Bonchev–Trinajstić information content (AvgIpc) is 2.73. The van der Waals surface area contributed by atoms with Crippen LogP contribution in [0.4, 0.5) is 5.13 Å². The highest BCUT2D eigenvalue weighted by Gasteiger charge is 2.06. The monoisotopic (exact) mass is 271 g/mol. The van der Waals surface area contributed by atoms with Crippen LogP contribution in [-0.2, 0) is 6.61 Å². The van der Waals surface area contributed by atoms with Gasteiger partial charge in [0.1, 0.15) is 18.1 Å². The molecule has 90 valence electrons. The molecule has 0 amide bonds. The zero-order chi connectivity index (χ0) is 12.3. The van der Waals surface area contributed by atoms with Crippen LogP contribution in [0.3, 0.4) is 0 Å². The zero-order valence-electron chi connectivity index (χ0n) is 9.01. The summed E-state index contributed by atoms with van der Waals surface area (Å²) >= 11 is 7.30. The number of halogens is 1. The van der Waals surface area contributed by atoms with Gasteiger partial charge >= 0.3 is 0 Å². The van der Waals surface area contributed by atoms with Crippen LogP contribution in [0.25, 0.3) is 0 Å². The minimum atomic E-state index is 0.293. The number of ether oxygens (including phenoxy) is 2. The standard InChI is InChI=1S/C10H10ClN3O2S/c1-15-6-2-3-8(7(11)4-6)16-5-9-13-14-10(12)17-9/h2-4H,5H2,1H3,(H2,12,14). The maximum atomic E-state index is 6.02. The second kappa shape index (κ2) is 5.20. The Labute approximate surface area is 107 Å². The van der Waals surface area contributed by atoms with Crippen molar-refractivity contribution in [1.29, 1.82) is 0 Å². The first-order chi connectivity index (χ1) is 8.19. The molecule has 7 heteroatoms. The van der Waals surface area contributed by atoms with Crippen LogP contribution in [-0.4, -0.2) is 17.3 Å². The van der Waals surface area contributed by atoms with Gasteiger partial charge in [-0.2, -0.15) is 0 Å². The molecule has 0 aliphatic carbocycles. The van der Waals surface area contributed by atoms with E-state index in [1.807, 2.05) is 0 Å². The van der Waals surface area contributed by atoms with Crippen molar-refractivity contribution in [2.24, 2.45) is 0 Å². The Balaban J connectivity index is 2.04. The summed E-state index contributed by atoms with van der Waals surface area (Å²) in [4.78, 5) is 0. The molecular formula is C10H10ClN3O2S. The second-order valence-corrected chi connectivity index (χ2v) is 4.62. The summed E-state index contributed by atoms with van der Waals surface area (Å²) in [7, 11) is 1.58. The van der Waals surface area contributed by atoms with Crippen molar-refractivity contribution < 1.29 is 9.47 Å². The van der Waals surface area contributed by atoms with E-state index in [0.29, 0.717) is 33.3 Å². The summed E-state index contributed by atoms with van der Waals surface area (Å²) in [6.07, 6.45) is 0. The SMILES string of the molecule is COc1ccc(OCc2nnc(N)s2)c(Cl)c1. The third-order valence-corrected chi connectivity index (χ3v) is 2.99. The fourth-order valence-corrected chi connectivity index (χ4v) is 1.94. The molecule has 2 rings (SSSR count). The molecule has 0 saturated carbocycles. The normalized spacial score (nSPS) is 10.2. The van der Waals surface area contributed by atoms with Crippen LogP contribution in [0.15, 0.2) is 18.2 Å². The fourth-order valence-electron chi connectivity index (χ4n) is 1.19. The molecule has 0 spiro atoms. The predicted octanol–water partition coefficient (Wildman–Crippen LogP) is 2.36. The van der Waals surface area contributed by atoms with E-state index in [9.17, 15) is 0 Å². The van der Waals surface area contributed by atoms with Gasteiger partial charge in [-0.25, -0.2) is 0 Å². The average molecular weight is 272 g/mol. The van der Waals surface area contributed by atoms with Gasteiger partial charge in [-0.3, -0.25) is 0 Å². The van der Waals surface area contributed by atoms with Gasteiger partial charge in [-0.15, -0.1) is 10.2 Å². The lowest BCUT2D eigenvalue weighted by Crippen LogP contribution is -1.95. The highest BCUT2D eigenvalue weighted by molar-refractivity contribution is 7.15. The van der Waals surface area contributed by atoms with Crippen LogP contribution in [0, 0.1) is 0 Å². The van der Waals surface area contributed by atoms with E-state index < -0.39 is 0 Å². The lowest BCUT2D eigenvalue weighted by molar-refractivity contribution is 0.304. The Morgan fingerprint density at radius 1 is 1.41 bits per heavy atom. The Bertz CT molecular complexity index is 518. The molecule has 1 heterocycles. The molecular weight excluding hydrogens is 262 g/mol. The lowest BCUT2D eigenvalue weighted by atomic mass is 10.3. The van der Waals surface area contributed by atoms with E-state index in [0.717, 1.165) is 0 Å². The topological polar surface area (TPSA) is 70.3 Å². The van der Waals surface area contributed by atoms with Gasteiger partial charge in [0.05, 0.1) is 12.1 Å². The number of aromatic nitrogens is 2. The Hall–Kier alpha value is -1.53. The highest BCUT2D eigenvalue weighted by atomic mass is 35.5. The first-order valence-electron chi connectivity index (χ1n) is 4.73. The molecule has 0 saturated heterocycles. The van der Waals surface area contributed by atoms with Crippen molar-refractivity contribution >= 4 is 28.1 Å². The Morgan fingerprint density at radius 2 is 2.24 bits per heavy atom. The molecule has 0 atom stereocenters. The van der Waals surface area contributed by atoms with Crippen LogP contribution in [0.2, 0.25) is 5.02 Å². The second-order valence-electron chi connectivity index (χ2n) is 3.12. The van der Waals surface area contributed by atoms with Crippen LogP contribution in [0.5, 0.6) is 11.5 Å². The quantitative estimate of drug-likeness (QED) is 0.924. The summed E-state index contributed by atoms with van der Waals surface area (Å²) in [6, 6.07) is 5.20. The van der Waals surface area contributed by atoms with E-state index in [1.54, 1.807) is 25.3 Å². The third kappa shape index (κ3) is 2.98. The molecule has 17 heavy (non-hydrogen) atoms. The summed E-state index contributed by atoms with van der Waals surface area (Å²) in [6.45, 7) is 0.293. The van der Waals surface area contributed by atoms with Gasteiger partial charge in [-0.05, 0) is 12.1 Å². The minimum absolute atomic E-state index is 0.293. The predicted molar refractivity (Wildman–Crippen MR) is 66.7 cm³/mol. The first-order valence-corrected chi connectivity index (χ1v) is 5.92. The van der Waals surface area contributed by atoms with Crippen molar-refractivity contribution in [1.82, 2.24) is 10.2 Å². The highest BCUT2D eigenvalue weighted by Crippen LogP contribution is 2.29. The van der Waals surface area contributed by atoms with E-state index in [1.165, 1.54) is 11.3 Å². The molecule has 0 aliphatic heterocycles. The maximum absolute atomic E-state index is 6.02. The van der Waals surface area contributed by atoms with Crippen molar-refractivity contribution in [2.45, 2.75) is 6.61 Å². The van der Waals surface area contributed by atoms with Gasteiger partial charge < -0.3 is 15.2 Å². The minimum Gasteiger partial charge on any atom is -0.497 e. The van der Waals surface area contributed by atoms with E-state index in [-0.39, 0.29) is 0 Å². The zero-order valence-corrected chi connectivity index (χ0v) is 10.6. The third-order valence-electron chi connectivity index (χ3n) is 1.97. The Morgan fingerprint density at radius 3 is 2.82 bits per heavy atom. The van der Waals surface area contributed by atoms with Crippen LogP contribution >= 0.6 is 22.9 Å². The van der Waals surface area contributed by atoms with Crippen molar-refractivity contribution in [3.05, 3.63) is 28.2 Å². The number of benzene rings is 1. The van der Waals surface area contributed by atoms with Crippen molar-refractivity contribution in [2.75, 3.05) is 12.8 Å². The number of anilines is 1. The molecule has 0 unspecified atom stereocenters. The van der Waals surface area contributed by atoms with Crippen LogP contribution < -0.4 is 15.2 Å². The van der Waals surface area contributed by atoms with Gasteiger partial charge in [0.25, 0.3) is 0 Å². The van der Waals surface area contributed by atoms with Gasteiger partial charge in [-0.1, -0.05) is 22.9 Å². The molecule has 1 aromatic carbocycles. The maximum Gasteiger partial charge on any atom is 0.203 e. The largest absolute Gasteiger partial charge is 0.497 e. The molecule has 2 N–H and O–H groups in total. The number of hydrogen-bond donors (Lipinski definition) is 1. The van der Waals surface area contributed by atoms with E-state index >= 15 is 0 Å². The molecule has 0 fully saturated rings. The van der Waals surface area contributed by atoms with E-state index in [2.05, 4.69) is 10.2 Å². The number of hydrogen-bond acceptors (Lipinski definition) is 6. The smallest absolute Gasteiger partial charge is 0.203 e. The summed E-state index contributed by atoms with van der Waals surface area (Å²) in [5.74, 6) is 1.25. The number of nitrogens with two attached hydrogens (primary N) is 1. The van der Waals surface area contributed by atoms with Crippen molar-refractivity contribution in [3.63, 3.8) is 0 Å². The summed E-state index contributed by atoms with van der Waals surface area (Å²) in [5.41, 5.74) is 5.46. The molecule has 5 nitrogen and oxygen atoms in total. The fraction of sp³-hybridized carbons (Fsp3) is 0.200. The van der Waals surface area contributed by atoms with Crippen LogP contribution in [0.1, 0.15) is 5.01 Å². The Kier molecular flexibility index (Phi) is 3.65. The number of rotatable bonds is 4. The number of nitrogen functional groups attached to an aromatic ring is 1. The van der Waals surface area contributed by atoms with Gasteiger partial charge in [0.2, 0.25) is 5.13 Å². The number of nitrogens with zero attached hydrogens (tertiary/aromatic N) is 2. The summed E-state index contributed by atoms with van der Waals surface area (Å²) in [5, 5.41) is 9.15. The van der Waals surface area contributed by atoms with Crippen molar-refractivity contribution in [3.8, 4) is 11.5 Å². The molecule has 1 aromatic heterocycles. The molecule has 0 radical (unpaired) electrons. The molecule has 2 aromatic rings. The van der Waals surface area contributed by atoms with E-state index in [4.69, 9.17) is 26.8 Å². The molecule has 0 bridgehead atoms. The van der Waals surface area contributed by atoms with Gasteiger partial charge in [0.15, 0.2) is 5.01 Å². The first kappa shape index (κ1) is 11.9. The summed E-state index contributed by atoms with van der Waals surface area (Å²) < 4.78 is 10.5. The number of methoxy groups -OCH3 is 1.